The molecule has 19 heavy (non-hydrogen) atoms. The Bertz CT molecular complexity index is 408. The highest BCUT2D eigenvalue weighted by molar-refractivity contribution is 8.00. The highest BCUT2D eigenvalue weighted by Crippen LogP contribution is 2.41. The maximum Gasteiger partial charge on any atom is 0.0624 e. The van der Waals surface area contributed by atoms with Crippen LogP contribution in [-0.2, 0) is 19.4 Å². The number of aryl methyl sites for hydroxylation is 2. The van der Waals surface area contributed by atoms with E-state index in [4.69, 9.17) is 0 Å². The van der Waals surface area contributed by atoms with Gasteiger partial charge in [0.1, 0.15) is 0 Å². The number of nitrogens with zero attached hydrogens (tertiary/aromatic N) is 2. The van der Waals surface area contributed by atoms with Crippen LogP contribution >= 0.6 is 11.8 Å². The lowest BCUT2D eigenvalue weighted by atomic mass is 9.92. The molecule has 0 bridgehead atoms. The van der Waals surface area contributed by atoms with Crippen molar-refractivity contribution in [3.8, 4) is 0 Å². The van der Waals surface area contributed by atoms with Crippen LogP contribution in [0.25, 0.3) is 0 Å². The zero-order chi connectivity index (χ0) is 13.9. The molecule has 0 aliphatic carbocycles. The van der Waals surface area contributed by atoms with Crippen molar-refractivity contribution in [2.75, 3.05) is 12.8 Å². The fourth-order valence-electron chi connectivity index (χ4n) is 3.03. The maximum atomic E-state index is 4.67. The Labute approximate surface area is 121 Å². The Balaban J connectivity index is 2.15. The Morgan fingerprint density at radius 3 is 2.84 bits per heavy atom. The third kappa shape index (κ3) is 3.16. The summed E-state index contributed by atoms with van der Waals surface area (Å²) in [4.78, 5) is 0. The zero-order valence-electron chi connectivity index (χ0n) is 12.7. The quantitative estimate of drug-likeness (QED) is 0.869. The van der Waals surface area contributed by atoms with Crippen LogP contribution in [0.4, 0.5) is 0 Å². The second-order valence-corrected chi connectivity index (χ2v) is 7.24. The van der Waals surface area contributed by atoms with Crippen molar-refractivity contribution in [2.24, 2.45) is 0 Å². The summed E-state index contributed by atoms with van der Waals surface area (Å²) in [5.74, 6) is 1.31. The monoisotopic (exact) mass is 281 g/mol. The maximum absolute atomic E-state index is 4.67. The summed E-state index contributed by atoms with van der Waals surface area (Å²) in [5, 5.41) is 8.22. The predicted octanol–water partition coefficient (Wildman–Crippen LogP) is 2.88. The molecular weight excluding hydrogens is 254 g/mol. The second kappa shape index (κ2) is 6.31. The first kappa shape index (κ1) is 14.9. The molecule has 1 aromatic heterocycles. The summed E-state index contributed by atoms with van der Waals surface area (Å²) in [6.07, 6.45) is 4.79. The second-order valence-electron chi connectivity index (χ2n) is 5.61. The molecule has 0 amide bonds. The van der Waals surface area contributed by atoms with E-state index in [1.54, 1.807) is 0 Å². The lowest BCUT2D eigenvalue weighted by Gasteiger charge is -2.33. The van der Waals surface area contributed by atoms with Gasteiger partial charge in [0.25, 0.3) is 0 Å². The lowest BCUT2D eigenvalue weighted by Crippen LogP contribution is -2.45. The summed E-state index contributed by atoms with van der Waals surface area (Å²) in [6.45, 7) is 7.74. The highest BCUT2D eigenvalue weighted by Gasteiger charge is 2.37. The molecule has 108 valence electrons. The van der Waals surface area contributed by atoms with Gasteiger partial charge in [-0.15, -0.1) is 0 Å². The Morgan fingerprint density at radius 2 is 2.32 bits per heavy atom. The first-order chi connectivity index (χ1) is 9.12. The Kier molecular flexibility index (Phi) is 4.96. The van der Waals surface area contributed by atoms with E-state index in [0.29, 0.717) is 10.8 Å². The van der Waals surface area contributed by atoms with Gasteiger partial charge in [-0.25, -0.2) is 0 Å². The van der Waals surface area contributed by atoms with Crippen LogP contribution < -0.4 is 5.32 Å². The molecule has 0 spiro atoms. The SMILES string of the molecule is CCc1cc(CC(NC)C2(C)CCCS2)n(CC)n1. The molecule has 0 saturated carbocycles. The van der Waals surface area contributed by atoms with E-state index < -0.39 is 0 Å². The number of nitrogens with one attached hydrogen (secondary N) is 1. The van der Waals surface area contributed by atoms with Crippen LogP contribution in [0.2, 0.25) is 0 Å². The molecule has 2 heterocycles. The third-order valence-corrected chi connectivity index (χ3v) is 5.96. The van der Waals surface area contributed by atoms with E-state index in [1.807, 2.05) is 0 Å². The minimum atomic E-state index is 0.379. The van der Waals surface area contributed by atoms with E-state index in [2.05, 4.69) is 60.7 Å². The van der Waals surface area contributed by atoms with E-state index >= 15 is 0 Å². The summed E-state index contributed by atoms with van der Waals surface area (Å²) < 4.78 is 2.55. The topological polar surface area (TPSA) is 29.9 Å². The van der Waals surface area contributed by atoms with E-state index in [-0.39, 0.29) is 0 Å². The van der Waals surface area contributed by atoms with Crippen LogP contribution in [-0.4, -0.2) is 33.4 Å². The van der Waals surface area contributed by atoms with E-state index in [1.165, 1.54) is 30.0 Å². The number of rotatable bonds is 6. The molecule has 3 nitrogen and oxygen atoms in total. The van der Waals surface area contributed by atoms with Gasteiger partial charge in [-0.3, -0.25) is 4.68 Å². The van der Waals surface area contributed by atoms with Crippen molar-refractivity contribution in [3.63, 3.8) is 0 Å². The molecule has 0 aromatic carbocycles. The first-order valence-electron chi connectivity index (χ1n) is 7.49. The van der Waals surface area contributed by atoms with Crippen LogP contribution in [0.3, 0.4) is 0 Å². The average molecular weight is 281 g/mol. The van der Waals surface area contributed by atoms with Gasteiger partial charge >= 0.3 is 0 Å². The minimum Gasteiger partial charge on any atom is -0.315 e. The van der Waals surface area contributed by atoms with Crippen LogP contribution in [0, 0.1) is 0 Å². The molecular formula is C15H27N3S. The van der Waals surface area contributed by atoms with Crippen LogP contribution in [0.5, 0.6) is 0 Å². The minimum absolute atomic E-state index is 0.379. The smallest absolute Gasteiger partial charge is 0.0624 e. The molecule has 1 saturated heterocycles. The number of hydrogen-bond acceptors (Lipinski definition) is 3. The van der Waals surface area contributed by atoms with Crippen LogP contribution in [0.15, 0.2) is 6.07 Å². The molecule has 2 rings (SSSR count). The Morgan fingerprint density at radius 1 is 1.53 bits per heavy atom. The molecule has 1 fully saturated rings. The highest BCUT2D eigenvalue weighted by atomic mass is 32.2. The Hall–Kier alpha value is -0.480. The van der Waals surface area contributed by atoms with Gasteiger partial charge in [0, 0.05) is 29.4 Å². The van der Waals surface area contributed by atoms with Crippen molar-refractivity contribution in [2.45, 2.75) is 63.8 Å². The van der Waals surface area contributed by atoms with E-state index in [9.17, 15) is 0 Å². The van der Waals surface area contributed by atoms with Gasteiger partial charge in [0.15, 0.2) is 0 Å². The molecule has 2 atom stereocenters. The molecule has 2 unspecified atom stereocenters. The predicted molar refractivity (Wildman–Crippen MR) is 83.9 cm³/mol. The van der Waals surface area contributed by atoms with Crippen molar-refractivity contribution in [1.82, 2.24) is 15.1 Å². The zero-order valence-corrected chi connectivity index (χ0v) is 13.5. The number of thioether (sulfide) groups is 1. The fourth-order valence-corrected chi connectivity index (χ4v) is 4.48. The molecule has 4 heteroatoms. The molecule has 1 aliphatic rings. The van der Waals surface area contributed by atoms with E-state index in [0.717, 1.165) is 19.4 Å². The first-order valence-corrected chi connectivity index (χ1v) is 8.48. The van der Waals surface area contributed by atoms with Gasteiger partial charge in [0.2, 0.25) is 0 Å². The standard InChI is InChI=1S/C15H27N3S/c1-5-12-10-13(18(6-2)17-12)11-14(16-4)15(3)8-7-9-19-15/h10,14,16H,5-9,11H2,1-4H3. The van der Waals surface area contributed by atoms with Gasteiger partial charge < -0.3 is 5.32 Å². The van der Waals surface area contributed by atoms with Crippen molar-refractivity contribution in [1.29, 1.82) is 0 Å². The van der Waals surface area contributed by atoms with Gasteiger partial charge in [-0.1, -0.05) is 6.92 Å². The van der Waals surface area contributed by atoms with Gasteiger partial charge in [-0.05, 0) is 52.0 Å². The van der Waals surface area contributed by atoms with Crippen molar-refractivity contribution < 1.29 is 0 Å². The van der Waals surface area contributed by atoms with Crippen molar-refractivity contribution in [3.05, 3.63) is 17.5 Å². The third-order valence-electron chi connectivity index (χ3n) is 4.32. The van der Waals surface area contributed by atoms with Crippen LogP contribution in [0.1, 0.15) is 45.0 Å². The molecule has 1 aliphatic heterocycles. The summed E-state index contributed by atoms with van der Waals surface area (Å²) in [6, 6.07) is 2.82. The summed E-state index contributed by atoms with van der Waals surface area (Å²) >= 11 is 2.13. The largest absolute Gasteiger partial charge is 0.315 e. The summed E-state index contributed by atoms with van der Waals surface area (Å²) in [7, 11) is 2.10. The average Bonchev–Trinajstić information content (AvgIpc) is 3.02. The molecule has 1 N–H and O–H groups in total. The number of likely N-dealkylation sites (N-methyl/N-ethyl adjacent to an activating group) is 1. The normalized spacial score (nSPS) is 24.8. The van der Waals surface area contributed by atoms with Gasteiger partial charge in [0.05, 0.1) is 5.69 Å². The number of hydrogen-bond donors (Lipinski definition) is 1. The number of aromatic nitrogens is 2. The van der Waals surface area contributed by atoms with Crippen molar-refractivity contribution >= 4 is 11.8 Å². The molecule has 0 radical (unpaired) electrons. The fraction of sp³-hybridized carbons (Fsp3) is 0.800. The van der Waals surface area contributed by atoms with Gasteiger partial charge in [-0.2, -0.15) is 16.9 Å². The molecule has 1 aromatic rings. The lowest BCUT2D eigenvalue weighted by molar-refractivity contribution is 0.413. The summed E-state index contributed by atoms with van der Waals surface area (Å²) in [5.41, 5.74) is 2.60.